The molecule has 11 heteroatoms. The van der Waals surface area contributed by atoms with Crippen LogP contribution in [0.15, 0.2) is 36.5 Å². The van der Waals surface area contributed by atoms with Gasteiger partial charge in [-0.3, -0.25) is 0 Å². The van der Waals surface area contributed by atoms with Gasteiger partial charge in [0.05, 0.1) is 26.1 Å². The van der Waals surface area contributed by atoms with Crippen LogP contribution in [0.2, 0.25) is 0 Å². The molecule has 152 valence electrons. The van der Waals surface area contributed by atoms with Gasteiger partial charge in [-0.25, -0.2) is 19.1 Å². The molecule has 0 fully saturated rings. The highest BCUT2D eigenvalue weighted by molar-refractivity contribution is 5.96. The van der Waals surface area contributed by atoms with Crippen LogP contribution in [0.5, 0.6) is 5.75 Å². The van der Waals surface area contributed by atoms with E-state index in [-0.39, 0.29) is 22.5 Å². The van der Waals surface area contributed by atoms with E-state index in [4.69, 9.17) is 9.47 Å². The fourth-order valence-corrected chi connectivity index (χ4v) is 2.56. The molecular weight excluding hydrogens is 395 g/mol. The number of methoxy groups -OCH3 is 2. The summed E-state index contributed by atoms with van der Waals surface area (Å²) in [6.07, 6.45) is -3.89. The van der Waals surface area contributed by atoms with Crippen molar-refractivity contribution in [1.82, 2.24) is 14.6 Å². The predicted octanol–water partition coefficient (Wildman–Crippen LogP) is 2.75. The molecule has 0 atom stereocenters. The van der Waals surface area contributed by atoms with Gasteiger partial charge in [-0.1, -0.05) is 12.1 Å². The largest absolute Gasteiger partial charge is 0.496 e. The third kappa shape index (κ3) is 3.98. The Balaban J connectivity index is 2.17. The lowest BCUT2D eigenvalue weighted by Crippen LogP contribution is -2.16. The number of halogens is 3. The first-order valence-electron chi connectivity index (χ1n) is 8.09. The van der Waals surface area contributed by atoms with Crippen LogP contribution in [0.1, 0.15) is 16.1 Å². The lowest BCUT2D eigenvalue weighted by atomic mass is 10.1. The van der Waals surface area contributed by atoms with Crippen LogP contribution in [-0.2, 0) is 20.4 Å². The first-order chi connectivity index (χ1) is 13.8. The molecule has 0 saturated carbocycles. The van der Waals surface area contributed by atoms with Crippen LogP contribution >= 0.6 is 0 Å². The second-order valence-electron chi connectivity index (χ2n) is 5.67. The Labute approximate surface area is 161 Å². The molecule has 29 heavy (non-hydrogen) atoms. The van der Waals surface area contributed by atoms with Crippen LogP contribution in [-0.4, -0.2) is 47.4 Å². The zero-order valence-corrected chi connectivity index (χ0v) is 15.2. The number of rotatable bonds is 5. The summed E-state index contributed by atoms with van der Waals surface area (Å²) in [5.41, 5.74) is -1.65. The zero-order valence-electron chi connectivity index (χ0n) is 15.2. The van der Waals surface area contributed by atoms with Gasteiger partial charge < -0.3 is 14.2 Å². The van der Waals surface area contributed by atoms with Crippen LogP contribution < -0.4 is 4.74 Å². The Morgan fingerprint density at radius 1 is 1.17 bits per heavy atom. The van der Waals surface area contributed by atoms with Crippen molar-refractivity contribution in [3.63, 3.8) is 0 Å². The lowest BCUT2D eigenvalue weighted by molar-refractivity contribution is -0.144. The lowest BCUT2D eigenvalue weighted by Gasteiger charge is -2.13. The standard InChI is InChI=1S/C18H14F3N3O5/c1-27-13-6-4-3-5-10(13)12-7-14(18(19,20)21)24-16(23-12)11(8-22-24)17(26)29-9-15(25)28-2/h3-8H,9H2,1-2H3. The van der Waals surface area contributed by atoms with Crippen molar-refractivity contribution in [2.75, 3.05) is 20.8 Å². The quantitative estimate of drug-likeness (QED) is 0.599. The van der Waals surface area contributed by atoms with Crippen LogP contribution in [0.3, 0.4) is 0 Å². The third-order valence-electron chi connectivity index (χ3n) is 3.91. The molecule has 3 rings (SSSR count). The normalized spacial score (nSPS) is 11.3. The highest BCUT2D eigenvalue weighted by atomic mass is 19.4. The summed E-state index contributed by atoms with van der Waals surface area (Å²) in [4.78, 5) is 27.5. The average Bonchev–Trinajstić information content (AvgIpc) is 3.14. The van der Waals surface area contributed by atoms with Crippen molar-refractivity contribution in [2.45, 2.75) is 6.18 Å². The number of alkyl halides is 3. The number of benzene rings is 1. The number of esters is 2. The molecule has 0 unspecified atom stereocenters. The van der Waals surface area contributed by atoms with Gasteiger partial charge >= 0.3 is 18.1 Å². The Kier molecular flexibility index (Phi) is 5.39. The van der Waals surface area contributed by atoms with Crippen LogP contribution in [0.4, 0.5) is 13.2 Å². The molecule has 0 bridgehead atoms. The summed E-state index contributed by atoms with van der Waals surface area (Å²) in [5.74, 6) is -1.59. The molecular formula is C18H14F3N3O5. The Bertz CT molecular complexity index is 1080. The maximum atomic E-state index is 13.6. The van der Waals surface area contributed by atoms with Gasteiger partial charge in [0.25, 0.3) is 0 Å². The van der Waals surface area contributed by atoms with E-state index >= 15 is 0 Å². The molecule has 0 N–H and O–H groups in total. The van der Waals surface area contributed by atoms with Crippen molar-refractivity contribution in [3.8, 4) is 17.0 Å². The number of carbonyl (C=O) groups is 2. The molecule has 0 spiro atoms. The molecule has 1 aromatic carbocycles. The van der Waals surface area contributed by atoms with Crippen molar-refractivity contribution < 1.29 is 37.0 Å². The molecule has 2 heterocycles. The van der Waals surface area contributed by atoms with E-state index in [1.807, 2.05) is 0 Å². The predicted molar refractivity (Wildman–Crippen MR) is 92.3 cm³/mol. The third-order valence-corrected chi connectivity index (χ3v) is 3.91. The summed E-state index contributed by atoms with van der Waals surface area (Å²) >= 11 is 0. The molecule has 0 saturated heterocycles. The minimum atomic E-state index is -4.78. The summed E-state index contributed by atoms with van der Waals surface area (Å²) in [5, 5.41) is 3.62. The molecule has 0 aliphatic heterocycles. The van der Waals surface area contributed by atoms with Gasteiger partial charge in [0.15, 0.2) is 17.9 Å². The van der Waals surface area contributed by atoms with Gasteiger partial charge in [-0.2, -0.15) is 18.3 Å². The monoisotopic (exact) mass is 409 g/mol. The fraction of sp³-hybridized carbons (Fsp3) is 0.222. The molecule has 3 aromatic rings. The summed E-state index contributed by atoms with van der Waals surface area (Å²) in [7, 11) is 2.47. The minimum absolute atomic E-state index is 0.0789. The zero-order chi connectivity index (χ0) is 21.2. The van der Waals surface area contributed by atoms with Crippen molar-refractivity contribution >= 4 is 17.6 Å². The highest BCUT2D eigenvalue weighted by Crippen LogP contribution is 2.35. The van der Waals surface area contributed by atoms with E-state index in [1.54, 1.807) is 18.2 Å². The molecule has 0 amide bonds. The summed E-state index contributed by atoms with van der Waals surface area (Å²) < 4.78 is 55.6. The summed E-state index contributed by atoms with van der Waals surface area (Å²) in [6, 6.07) is 7.17. The highest BCUT2D eigenvalue weighted by Gasteiger charge is 2.36. The number of aromatic nitrogens is 3. The maximum absolute atomic E-state index is 13.6. The van der Waals surface area contributed by atoms with Crippen molar-refractivity contribution in [1.29, 1.82) is 0 Å². The van der Waals surface area contributed by atoms with Crippen molar-refractivity contribution in [3.05, 3.63) is 47.8 Å². The first-order valence-corrected chi connectivity index (χ1v) is 8.09. The number of para-hydroxylation sites is 1. The second-order valence-corrected chi connectivity index (χ2v) is 5.67. The molecule has 2 aromatic heterocycles. The number of hydrogen-bond acceptors (Lipinski definition) is 7. The minimum Gasteiger partial charge on any atom is -0.496 e. The summed E-state index contributed by atoms with van der Waals surface area (Å²) in [6.45, 7) is -0.703. The topological polar surface area (TPSA) is 92.0 Å². The van der Waals surface area contributed by atoms with Gasteiger partial charge in [0.1, 0.15) is 11.3 Å². The van der Waals surface area contributed by atoms with E-state index in [1.165, 1.54) is 13.2 Å². The number of nitrogens with zero attached hydrogens (tertiary/aromatic N) is 3. The number of fused-ring (bicyclic) bond motifs is 1. The number of ether oxygens (including phenoxy) is 3. The molecule has 8 nitrogen and oxygen atoms in total. The van der Waals surface area contributed by atoms with E-state index in [9.17, 15) is 22.8 Å². The Morgan fingerprint density at radius 2 is 1.90 bits per heavy atom. The number of carbonyl (C=O) groups excluding carboxylic acids is 2. The molecule has 0 radical (unpaired) electrons. The van der Waals surface area contributed by atoms with Gasteiger partial charge in [0, 0.05) is 5.56 Å². The van der Waals surface area contributed by atoms with E-state index < -0.39 is 30.4 Å². The van der Waals surface area contributed by atoms with Gasteiger partial charge in [-0.15, -0.1) is 0 Å². The SMILES string of the molecule is COC(=O)COC(=O)c1cnn2c(C(F)(F)F)cc(-c3ccccc3OC)nc12. The van der Waals surface area contributed by atoms with Gasteiger partial charge in [-0.05, 0) is 18.2 Å². The van der Waals surface area contributed by atoms with E-state index in [0.29, 0.717) is 10.3 Å². The van der Waals surface area contributed by atoms with Crippen LogP contribution in [0.25, 0.3) is 16.9 Å². The van der Waals surface area contributed by atoms with Gasteiger partial charge in [0.2, 0.25) is 0 Å². The van der Waals surface area contributed by atoms with Crippen LogP contribution in [0, 0.1) is 0 Å². The van der Waals surface area contributed by atoms with E-state index in [0.717, 1.165) is 19.4 Å². The number of hydrogen-bond donors (Lipinski definition) is 0. The average molecular weight is 409 g/mol. The Hall–Kier alpha value is -3.63. The Morgan fingerprint density at radius 3 is 2.55 bits per heavy atom. The maximum Gasteiger partial charge on any atom is 0.433 e. The second kappa shape index (κ2) is 7.78. The van der Waals surface area contributed by atoms with E-state index in [2.05, 4.69) is 14.8 Å². The fourth-order valence-electron chi connectivity index (χ4n) is 2.56. The molecule has 0 aliphatic carbocycles. The first kappa shape index (κ1) is 20.1. The van der Waals surface area contributed by atoms with Crippen molar-refractivity contribution in [2.24, 2.45) is 0 Å². The molecule has 0 aliphatic rings. The smallest absolute Gasteiger partial charge is 0.433 e.